The third-order valence-electron chi connectivity index (χ3n) is 5.63. The minimum absolute atomic E-state index is 0.0547. The zero-order valence-corrected chi connectivity index (χ0v) is 17.3. The molecule has 0 amide bonds. The van der Waals surface area contributed by atoms with Gasteiger partial charge in [0.25, 0.3) is 5.56 Å². The Morgan fingerprint density at radius 3 is 2.77 bits per heavy atom. The Hall–Kier alpha value is -3.49. The molecule has 2 aromatic heterocycles. The van der Waals surface area contributed by atoms with Gasteiger partial charge in [-0.3, -0.25) is 9.78 Å². The van der Waals surface area contributed by atoms with Crippen LogP contribution in [0.15, 0.2) is 52.1 Å². The summed E-state index contributed by atoms with van der Waals surface area (Å²) in [4.78, 5) is 31.0. The number of aromatic nitrogens is 3. The van der Waals surface area contributed by atoms with Gasteiger partial charge in [0.15, 0.2) is 0 Å². The molecule has 4 aromatic rings. The number of aromatic hydroxyl groups is 1. The van der Waals surface area contributed by atoms with Gasteiger partial charge in [0.1, 0.15) is 11.3 Å². The van der Waals surface area contributed by atoms with Crippen LogP contribution in [0.25, 0.3) is 16.6 Å². The lowest BCUT2D eigenvalue weighted by molar-refractivity contribution is 0.409. The molecule has 0 radical (unpaired) electrons. The first-order valence-electron chi connectivity index (χ1n) is 9.74. The molecular formula is C22H19ClN4O4. The van der Waals surface area contributed by atoms with Crippen molar-refractivity contribution in [3.63, 3.8) is 0 Å². The Morgan fingerprint density at radius 1 is 1.16 bits per heavy atom. The normalized spacial score (nSPS) is 15.7. The van der Waals surface area contributed by atoms with Gasteiger partial charge in [0.2, 0.25) is 5.88 Å². The molecule has 158 valence electrons. The first kappa shape index (κ1) is 19.5. The highest BCUT2D eigenvalue weighted by atomic mass is 35.5. The third-order valence-corrected chi connectivity index (χ3v) is 5.87. The second-order valence-electron chi connectivity index (χ2n) is 7.38. The van der Waals surface area contributed by atoms with E-state index in [0.29, 0.717) is 17.3 Å². The van der Waals surface area contributed by atoms with E-state index in [9.17, 15) is 14.7 Å². The van der Waals surface area contributed by atoms with Crippen LogP contribution in [-0.2, 0) is 6.42 Å². The largest absolute Gasteiger partial charge is 0.497 e. The predicted octanol–water partition coefficient (Wildman–Crippen LogP) is 2.61. The maximum atomic E-state index is 12.8. The summed E-state index contributed by atoms with van der Waals surface area (Å²) in [5.74, 6) is 0.303. The smallest absolute Gasteiger partial charge is 0.335 e. The lowest BCUT2D eigenvalue weighted by Gasteiger charge is -2.25. The van der Waals surface area contributed by atoms with Crippen LogP contribution in [0.4, 0.5) is 0 Å². The summed E-state index contributed by atoms with van der Waals surface area (Å²) in [6.45, 7) is 0.594. The van der Waals surface area contributed by atoms with Crippen LogP contribution < -0.4 is 21.3 Å². The highest BCUT2D eigenvalue weighted by Gasteiger charge is 2.31. The van der Waals surface area contributed by atoms with Crippen LogP contribution >= 0.6 is 11.6 Å². The second kappa shape index (κ2) is 7.33. The number of ether oxygens (including phenoxy) is 1. The van der Waals surface area contributed by atoms with E-state index in [1.165, 1.54) is 0 Å². The topological polar surface area (TPSA) is 112 Å². The summed E-state index contributed by atoms with van der Waals surface area (Å²) in [6.07, 6.45) is 0.742. The monoisotopic (exact) mass is 438 g/mol. The van der Waals surface area contributed by atoms with E-state index >= 15 is 0 Å². The summed E-state index contributed by atoms with van der Waals surface area (Å²) < 4.78 is 6.39. The average Bonchev–Trinajstić information content (AvgIpc) is 3.12. The van der Waals surface area contributed by atoms with Crippen molar-refractivity contribution in [2.75, 3.05) is 13.7 Å². The molecule has 0 bridgehead atoms. The Bertz CT molecular complexity index is 1440. The lowest BCUT2D eigenvalue weighted by atomic mass is 9.95. The van der Waals surface area contributed by atoms with E-state index in [1.807, 2.05) is 18.2 Å². The fourth-order valence-corrected chi connectivity index (χ4v) is 4.42. The Balaban J connectivity index is 1.73. The summed E-state index contributed by atoms with van der Waals surface area (Å²) in [5.41, 5.74) is 1.72. The van der Waals surface area contributed by atoms with Gasteiger partial charge < -0.3 is 20.1 Å². The number of nitrogens with zero attached hydrogens (tertiary/aromatic N) is 1. The summed E-state index contributed by atoms with van der Waals surface area (Å²) in [7, 11) is 1.61. The number of aromatic amines is 2. The van der Waals surface area contributed by atoms with Crippen molar-refractivity contribution in [3.05, 3.63) is 85.1 Å². The number of methoxy groups -OCH3 is 1. The van der Waals surface area contributed by atoms with E-state index < -0.39 is 23.2 Å². The number of rotatable bonds is 3. The number of nitrogens with one attached hydrogen (secondary N) is 3. The minimum atomic E-state index is -0.745. The van der Waals surface area contributed by atoms with E-state index in [1.54, 1.807) is 31.4 Å². The van der Waals surface area contributed by atoms with Crippen molar-refractivity contribution in [1.29, 1.82) is 0 Å². The molecule has 0 fully saturated rings. The fraction of sp³-hybridized carbons (Fsp3) is 0.182. The van der Waals surface area contributed by atoms with E-state index in [-0.39, 0.29) is 5.56 Å². The SMILES string of the molecule is COc1ccc2[nH]c3c(c2c1)CCN[C@@H]3c1c(O)n(-c2cccc(Cl)c2)c(=O)[nH]c1=O. The number of benzene rings is 2. The van der Waals surface area contributed by atoms with Gasteiger partial charge in [-0.15, -0.1) is 0 Å². The molecule has 5 rings (SSSR count). The molecule has 8 nitrogen and oxygen atoms in total. The molecule has 2 aromatic carbocycles. The maximum Gasteiger partial charge on any atom is 0.335 e. The Kier molecular flexibility index (Phi) is 4.60. The molecule has 0 saturated carbocycles. The van der Waals surface area contributed by atoms with E-state index in [2.05, 4.69) is 15.3 Å². The summed E-state index contributed by atoms with van der Waals surface area (Å²) in [6, 6.07) is 11.6. The van der Waals surface area contributed by atoms with Gasteiger partial charge in [-0.25, -0.2) is 9.36 Å². The number of halogens is 1. The molecular weight excluding hydrogens is 420 g/mol. The quantitative estimate of drug-likeness (QED) is 0.393. The average molecular weight is 439 g/mol. The van der Waals surface area contributed by atoms with Gasteiger partial charge in [-0.2, -0.15) is 0 Å². The minimum Gasteiger partial charge on any atom is -0.497 e. The molecule has 1 aliphatic rings. The van der Waals surface area contributed by atoms with Crippen LogP contribution in [0.3, 0.4) is 0 Å². The van der Waals surface area contributed by atoms with E-state index in [4.69, 9.17) is 16.3 Å². The first-order chi connectivity index (χ1) is 15.0. The molecule has 0 spiro atoms. The standard InChI is InChI=1S/C22H19ClN4O4/c1-31-13-5-6-16-15(10-13)14-7-8-24-19(18(14)25-16)17-20(28)26-22(30)27(21(17)29)12-4-2-3-11(23)9-12/h2-6,9-10,19,24-25,29H,7-8H2,1H3,(H,26,28,30)/t19-/m1/s1. The van der Waals surface area contributed by atoms with Gasteiger partial charge in [0, 0.05) is 28.2 Å². The molecule has 1 aliphatic heterocycles. The third kappa shape index (κ3) is 3.11. The molecule has 31 heavy (non-hydrogen) atoms. The number of hydrogen-bond donors (Lipinski definition) is 4. The predicted molar refractivity (Wildman–Crippen MR) is 118 cm³/mol. The zero-order valence-electron chi connectivity index (χ0n) is 16.5. The Morgan fingerprint density at radius 2 is 2.00 bits per heavy atom. The van der Waals surface area contributed by atoms with Crippen LogP contribution in [0.2, 0.25) is 5.02 Å². The second-order valence-corrected chi connectivity index (χ2v) is 7.81. The van der Waals surface area contributed by atoms with Gasteiger partial charge >= 0.3 is 5.69 Å². The molecule has 0 saturated heterocycles. The molecule has 4 N–H and O–H groups in total. The first-order valence-corrected chi connectivity index (χ1v) is 10.1. The van der Waals surface area contributed by atoms with Crippen LogP contribution in [0.1, 0.15) is 22.9 Å². The maximum absolute atomic E-state index is 12.8. The van der Waals surface area contributed by atoms with Gasteiger partial charge in [0.05, 0.1) is 18.8 Å². The number of hydrogen-bond acceptors (Lipinski definition) is 5. The summed E-state index contributed by atoms with van der Waals surface area (Å²) in [5, 5.41) is 15.7. The van der Waals surface area contributed by atoms with Crippen molar-refractivity contribution in [2.45, 2.75) is 12.5 Å². The van der Waals surface area contributed by atoms with Crippen molar-refractivity contribution in [1.82, 2.24) is 19.9 Å². The molecule has 3 heterocycles. The highest BCUT2D eigenvalue weighted by molar-refractivity contribution is 6.30. The lowest BCUT2D eigenvalue weighted by Crippen LogP contribution is -2.38. The van der Waals surface area contributed by atoms with Crippen LogP contribution in [0.5, 0.6) is 11.6 Å². The fourth-order valence-electron chi connectivity index (χ4n) is 4.23. The molecule has 0 aliphatic carbocycles. The van der Waals surface area contributed by atoms with Gasteiger partial charge in [-0.05, 0) is 48.4 Å². The zero-order chi connectivity index (χ0) is 21.7. The van der Waals surface area contributed by atoms with Crippen molar-refractivity contribution in [2.24, 2.45) is 0 Å². The van der Waals surface area contributed by atoms with Gasteiger partial charge in [-0.1, -0.05) is 17.7 Å². The van der Waals surface area contributed by atoms with Crippen molar-refractivity contribution >= 4 is 22.5 Å². The molecule has 9 heteroatoms. The number of fused-ring (bicyclic) bond motifs is 3. The van der Waals surface area contributed by atoms with E-state index in [0.717, 1.165) is 38.9 Å². The van der Waals surface area contributed by atoms with Crippen LogP contribution in [0, 0.1) is 0 Å². The highest BCUT2D eigenvalue weighted by Crippen LogP contribution is 2.36. The number of H-pyrrole nitrogens is 2. The Labute approximate surface area is 181 Å². The van der Waals surface area contributed by atoms with Crippen molar-refractivity contribution < 1.29 is 9.84 Å². The van der Waals surface area contributed by atoms with Crippen molar-refractivity contribution in [3.8, 4) is 17.3 Å². The van der Waals surface area contributed by atoms with Crippen LogP contribution in [-0.4, -0.2) is 33.3 Å². The molecule has 1 atom stereocenters. The molecule has 0 unspecified atom stereocenters. The summed E-state index contributed by atoms with van der Waals surface area (Å²) >= 11 is 6.06.